The predicted molar refractivity (Wildman–Crippen MR) is 127 cm³/mol. The van der Waals surface area contributed by atoms with Gasteiger partial charge in [0.2, 0.25) is 0 Å². The van der Waals surface area contributed by atoms with Gasteiger partial charge in [0.05, 0.1) is 31.1 Å². The number of nitrogens with one attached hydrogen (secondary N) is 3. The lowest BCUT2D eigenvalue weighted by Crippen LogP contribution is -2.61. The van der Waals surface area contributed by atoms with Crippen LogP contribution in [0.5, 0.6) is 0 Å². The Morgan fingerprint density at radius 2 is 1.97 bits per heavy atom. The third kappa shape index (κ3) is 5.22. The van der Waals surface area contributed by atoms with E-state index in [-0.39, 0.29) is 11.9 Å². The van der Waals surface area contributed by atoms with Crippen LogP contribution in [0.3, 0.4) is 0 Å². The molecule has 0 spiro atoms. The molecule has 2 unspecified atom stereocenters. The van der Waals surface area contributed by atoms with Gasteiger partial charge in [-0.1, -0.05) is 0 Å². The lowest BCUT2D eigenvalue weighted by molar-refractivity contribution is -0.136. The van der Waals surface area contributed by atoms with Gasteiger partial charge in [0.1, 0.15) is 11.4 Å². The van der Waals surface area contributed by atoms with E-state index in [1.165, 1.54) is 7.11 Å². The number of hydrogen-bond acceptors (Lipinski definition) is 7. The van der Waals surface area contributed by atoms with Crippen LogP contribution in [0.2, 0.25) is 0 Å². The summed E-state index contributed by atoms with van der Waals surface area (Å²) in [6.45, 7) is 4.63. The topological polar surface area (TPSA) is 127 Å². The quantitative estimate of drug-likeness (QED) is 0.403. The average molecular weight is 476 g/mol. The van der Waals surface area contributed by atoms with Crippen molar-refractivity contribution < 1.29 is 24.2 Å². The van der Waals surface area contributed by atoms with Gasteiger partial charge in [-0.25, -0.2) is 9.48 Å². The molecule has 4 fully saturated rings. The number of hydrogen-bond donors (Lipinski definition) is 4. The number of carbonyl (C=O) groups excluding carboxylic acids is 2. The van der Waals surface area contributed by atoms with Gasteiger partial charge in [0.15, 0.2) is 0 Å². The minimum absolute atomic E-state index is 0.0817. The third-order valence-electron chi connectivity index (χ3n) is 7.42. The molecular formula is C24H37N5O5. The zero-order valence-electron chi connectivity index (χ0n) is 20.5. The Balaban J connectivity index is 1.51. The van der Waals surface area contributed by atoms with Gasteiger partial charge in [0, 0.05) is 25.9 Å². The highest BCUT2D eigenvalue weighted by Crippen LogP contribution is 2.55. The van der Waals surface area contributed by atoms with Gasteiger partial charge in [-0.05, 0) is 69.8 Å². The first-order chi connectivity index (χ1) is 16.1. The molecule has 10 nitrogen and oxygen atoms in total. The molecular weight excluding hydrogens is 438 g/mol. The number of ether oxygens (including phenoxy) is 2. The van der Waals surface area contributed by atoms with Crippen molar-refractivity contribution in [3.05, 3.63) is 17.8 Å². The van der Waals surface area contributed by atoms with E-state index in [0.717, 1.165) is 32.1 Å². The fourth-order valence-corrected chi connectivity index (χ4v) is 6.15. The summed E-state index contributed by atoms with van der Waals surface area (Å²) in [5.74, 6) is 1.62. The largest absolute Gasteiger partial charge is 0.453 e. The minimum atomic E-state index is -0.689. The Morgan fingerprint density at radius 1 is 1.26 bits per heavy atom. The highest BCUT2D eigenvalue weighted by molar-refractivity contribution is 5.99. The first kappa shape index (κ1) is 24.5. The van der Waals surface area contributed by atoms with Crippen molar-refractivity contribution in [1.29, 1.82) is 0 Å². The maximum Gasteiger partial charge on any atom is 0.407 e. The van der Waals surface area contributed by atoms with E-state index in [1.54, 1.807) is 30.3 Å². The molecule has 34 heavy (non-hydrogen) atoms. The molecule has 4 N–H and O–H groups in total. The smallest absolute Gasteiger partial charge is 0.407 e. The Hall–Kier alpha value is -2.59. The van der Waals surface area contributed by atoms with Crippen LogP contribution < -0.4 is 16.0 Å². The SMILES string of the molecule is COCCNc1c(C(=O)NC2C3CC4CC2CC(O)(C4)C3)cnn1/C=C/C(C)(C)NC(=O)OC. The van der Waals surface area contributed by atoms with Gasteiger partial charge >= 0.3 is 6.09 Å². The van der Waals surface area contributed by atoms with Gasteiger partial charge in [-0.2, -0.15) is 5.10 Å². The van der Waals surface area contributed by atoms with Crippen molar-refractivity contribution in [2.75, 3.05) is 32.7 Å². The van der Waals surface area contributed by atoms with Gasteiger partial charge in [-0.15, -0.1) is 0 Å². The molecule has 4 saturated carbocycles. The number of methoxy groups -OCH3 is 2. The molecule has 2 atom stereocenters. The van der Waals surface area contributed by atoms with E-state index in [4.69, 9.17) is 4.74 Å². The summed E-state index contributed by atoms with van der Waals surface area (Å²) in [4.78, 5) is 25.0. The number of carbonyl (C=O) groups is 2. The van der Waals surface area contributed by atoms with Gasteiger partial charge in [0.25, 0.3) is 5.91 Å². The number of anilines is 1. The standard InChI is InChI=1S/C24H37N5O5/c1-23(2,28-22(31)34-4)5-7-29-20(25-6-8-33-3)18(14-26-29)21(30)27-19-16-9-15-10-17(19)13-24(32,11-15)12-16/h5,7,14-17,19,25,32H,6,8-13H2,1-4H3,(H,27,30)(H,28,31)/b7-5+. The van der Waals surface area contributed by atoms with Crippen molar-refractivity contribution >= 4 is 24.0 Å². The van der Waals surface area contributed by atoms with E-state index < -0.39 is 17.2 Å². The summed E-state index contributed by atoms with van der Waals surface area (Å²) in [5, 5.41) is 24.5. The lowest BCUT2D eigenvalue weighted by atomic mass is 9.52. The molecule has 0 saturated heterocycles. The molecule has 4 aliphatic carbocycles. The molecule has 1 heterocycles. The van der Waals surface area contributed by atoms with E-state index in [0.29, 0.717) is 42.3 Å². The Bertz CT molecular complexity index is 926. The molecule has 2 amide bonds. The molecule has 4 aliphatic rings. The molecule has 1 aromatic rings. The fourth-order valence-electron chi connectivity index (χ4n) is 6.15. The maximum absolute atomic E-state index is 13.4. The molecule has 10 heteroatoms. The molecule has 5 rings (SSSR count). The highest BCUT2D eigenvalue weighted by Gasteiger charge is 2.55. The van der Waals surface area contributed by atoms with E-state index >= 15 is 0 Å². The van der Waals surface area contributed by atoms with Crippen molar-refractivity contribution in [1.82, 2.24) is 20.4 Å². The van der Waals surface area contributed by atoms with E-state index in [2.05, 4.69) is 25.8 Å². The lowest BCUT2D eigenvalue weighted by Gasteiger charge is -2.58. The molecule has 1 aromatic heterocycles. The zero-order valence-corrected chi connectivity index (χ0v) is 20.5. The monoisotopic (exact) mass is 475 g/mol. The second-order valence-corrected chi connectivity index (χ2v) is 10.6. The Morgan fingerprint density at radius 3 is 2.59 bits per heavy atom. The normalized spacial score (nSPS) is 29.9. The van der Waals surface area contributed by atoms with Crippen LogP contribution in [0, 0.1) is 17.8 Å². The summed E-state index contributed by atoms with van der Waals surface area (Å²) < 4.78 is 11.4. The van der Waals surface area contributed by atoms with Crippen LogP contribution in [0.15, 0.2) is 12.3 Å². The van der Waals surface area contributed by atoms with Crippen molar-refractivity contribution in [3.63, 3.8) is 0 Å². The predicted octanol–water partition coefficient (Wildman–Crippen LogP) is 2.22. The van der Waals surface area contributed by atoms with Crippen molar-refractivity contribution in [2.45, 2.75) is 63.1 Å². The molecule has 0 radical (unpaired) electrons. The van der Waals surface area contributed by atoms with E-state index in [9.17, 15) is 14.7 Å². The minimum Gasteiger partial charge on any atom is -0.453 e. The average Bonchev–Trinajstić information content (AvgIpc) is 3.16. The summed E-state index contributed by atoms with van der Waals surface area (Å²) in [5.41, 5.74) is -0.774. The third-order valence-corrected chi connectivity index (χ3v) is 7.42. The number of amides is 2. The van der Waals surface area contributed by atoms with Crippen molar-refractivity contribution in [2.24, 2.45) is 17.8 Å². The highest BCUT2D eigenvalue weighted by atomic mass is 16.5. The molecule has 0 aliphatic heterocycles. The first-order valence-electron chi connectivity index (χ1n) is 12.0. The van der Waals surface area contributed by atoms with Crippen LogP contribution in [-0.4, -0.2) is 71.4 Å². The van der Waals surface area contributed by atoms with Gasteiger partial charge < -0.3 is 30.5 Å². The van der Waals surface area contributed by atoms with E-state index in [1.807, 2.05) is 13.8 Å². The summed E-state index contributed by atoms with van der Waals surface area (Å²) in [7, 11) is 2.93. The summed E-state index contributed by atoms with van der Waals surface area (Å²) >= 11 is 0. The molecule has 188 valence electrons. The number of rotatable bonds is 9. The second-order valence-electron chi connectivity index (χ2n) is 10.6. The van der Waals surface area contributed by atoms with Crippen LogP contribution in [0.1, 0.15) is 56.3 Å². The first-order valence-corrected chi connectivity index (χ1v) is 12.0. The van der Waals surface area contributed by atoms with Crippen LogP contribution in [-0.2, 0) is 9.47 Å². The van der Waals surface area contributed by atoms with Crippen LogP contribution in [0.4, 0.5) is 10.6 Å². The maximum atomic E-state index is 13.4. The number of aromatic nitrogens is 2. The van der Waals surface area contributed by atoms with Crippen LogP contribution >= 0.6 is 0 Å². The van der Waals surface area contributed by atoms with Crippen LogP contribution in [0.25, 0.3) is 6.20 Å². The van der Waals surface area contributed by atoms with Gasteiger partial charge in [-0.3, -0.25) is 4.79 Å². The Labute approximate surface area is 200 Å². The summed E-state index contributed by atoms with van der Waals surface area (Å²) in [6, 6.07) is 0.0817. The number of alkyl carbamates (subject to hydrolysis) is 1. The molecule has 4 bridgehead atoms. The number of aliphatic hydroxyl groups is 1. The molecule has 0 aromatic carbocycles. The zero-order chi connectivity index (χ0) is 24.5. The second kappa shape index (κ2) is 9.58. The number of nitrogens with zero attached hydrogens (tertiary/aromatic N) is 2. The fraction of sp³-hybridized carbons (Fsp3) is 0.708. The Kier molecular flexibility index (Phi) is 6.91. The van der Waals surface area contributed by atoms with Crippen molar-refractivity contribution in [3.8, 4) is 0 Å². The summed E-state index contributed by atoms with van der Waals surface area (Å²) in [6.07, 6.45) is 9.11.